The van der Waals surface area contributed by atoms with Crippen LogP contribution in [0.1, 0.15) is 31.4 Å². The van der Waals surface area contributed by atoms with Gasteiger partial charge >= 0.3 is 0 Å². The fraction of sp³-hybridized carbons (Fsp3) is 0.455. The number of benzene rings is 1. The third kappa shape index (κ3) is 5.19. The Hall–Kier alpha value is -1.87. The molecule has 0 radical (unpaired) electrons. The quantitative estimate of drug-likeness (QED) is 0.456. The van der Waals surface area contributed by atoms with Crippen LogP contribution in [0.5, 0.6) is 0 Å². The first-order valence-corrected chi connectivity index (χ1v) is 11.3. The van der Waals surface area contributed by atoms with Crippen molar-refractivity contribution < 1.29 is 4.42 Å². The highest BCUT2D eigenvalue weighted by atomic mass is 127. The number of hydrogen-bond acceptors (Lipinski definition) is 6. The third-order valence-corrected chi connectivity index (χ3v) is 6.13. The first-order valence-electron chi connectivity index (χ1n) is 10.2. The molecule has 6 nitrogen and oxygen atoms in total. The highest BCUT2D eigenvalue weighted by molar-refractivity contribution is 14.1. The lowest BCUT2D eigenvalue weighted by atomic mass is 9.86. The number of furan rings is 1. The van der Waals surface area contributed by atoms with E-state index in [-0.39, 0.29) is 0 Å². The summed E-state index contributed by atoms with van der Waals surface area (Å²) in [5, 5.41) is 8.22. The molecule has 1 fully saturated rings. The van der Waals surface area contributed by atoms with Crippen LogP contribution < -0.4 is 15.5 Å². The lowest BCUT2D eigenvalue weighted by Crippen LogP contribution is -2.31. The Morgan fingerprint density at radius 1 is 1.07 bits per heavy atom. The fourth-order valence-electron chi connectivity index (χ4n) is 4.01. The van der Waals surface area contributed by atoms with Crippen molar-refractivity contribution in [2.75, 3.05) is 30.9 Å². The van der Waals surface area contributed by atoms with E-state index in [0.717, 1.165) is 64.0 Å². The molecule has 3 aromatic rings. The number of nitrogens with zero attached hydrogens (tertiary/aromatic N) is 3. The van der Waals surface area contributed by atoms with Gasteiger partial charge in [-0.2, -0.15) is 4.98 Å². The lowest BCUT2D eigenvalue weighted by molar-refractivity contribution is 0.319. The van der Waals surface area contributed by atoms with Gasteiger partial charge in [-0.1, -0.05) is 12.1 Å². The first-order chi connectivity index (χ1) is 14.1. The second-order valence-corrected chi connectivity index (χ2v) is 9.04. The molecule has 0 spiro atoms. The van der Waals surface area contributed by atoms with Crippen LogP contribution in [-0.2, 0) is 6.54 Å². The van der Waals surface area contributed by atoms with Gasteiger partial charge in [-0.15, -0.1) is 0 Å². The zero-order valence-corrected chi connectivity index (χ0v) is 19.1. The molecule has 1 aliphatic carbocycles. The van der Waals surface area contributed by atoms with E-state index in [4.69, 9.17) is 14.4 Å². The monoisotopic (exact) mass is 505 g/mol. The maximum Gasteiger partial charge on any atom is 0.225 e. The molecule has 2 N–H and O–H groups in total. The maximum atomic E-state index is 5.61. The molecule has 0 unspecified atom stereocenters. The van der Waals surface area contributed by atoms with Crippen LogP contribution in [0, 0.1) is 9.68 Å². The van der Waals surface area contributed by atoms with Crippen molar-refractivity contribution in [2.45, 2.75) is 38.3 Å². The number of anilines is 2. The van der Waals surface area contributed by atoms with Crippen LogP contribution in [0.3, 0.4) is 0 Å². The molecule has 154 valence electrons. The molecule has 7 heteroatoms. The first kappa shape index (κ1) is 20.4. The van der Waals surface area contributed by atoms with E-state index in [0.29, 0.717) is 6.04 Å². The molecule has 29 heavy (non-hydrogen) atoms. The summed E-state index contributed by atoms with van der Waals surface area (Å²) in [7, 11) is 4.06. The highest BCUT2D eigenvalue weighted by Gasteiger charge is 2.22. The normalized spacial score (nSPS) is 19.4. The largest absolute Gasteiger partial charge is 0.454 e. The molecular formula is C22H28IN5O. The zero-order valence-electron chi connectivity index (χ0n) is 17.0. The SMILES string of the molecule is CN(C)c1nc(N[C@H]2CC[C@@H](CNCc3ccc(I)o3)CC2)nc2ccccc12. The number of para-hydroxylation sites is 1. The van der Waals surface area contributed by atoms with Gasteiger partial charge in [-0.05, 0) is 85.0 Å². The Labute approximate surface area is 185 Å². The minimum Gasteiger partial charge on any atom is -0.454 e. The summed E-state index contributed by atoms with van der Waals surface area (Å²) in [5.41, 5.74) is 0.985. The van der Waals surface area contributed by atoms with E-state index in [1.807, 2.05) is 38.4 Å². The van der Waals surface area contributed by atoms with Gasteiger partial charge in [0.1, 0.15) is 11.6 Å². The Bertz CT molecular complexity index is 949. The van der Waals surface area contributed by atoms with Crippen LogP contribution in [0.25, 0.3) is 10.9 Å². The van der Waals surface area contributed by atoms with Crippen molar-refractivity contribution in [3.05, 3.63) is 45.9 Å². The van der Waals surface area contributed by atoms with Crippen molar-refractivity contribution in [3.8, 4) is 0 Å². The van der Waals surface area contributed by atoms with Gasteiger partial charge in [-0.25, -0.2) is 4.98 Å². The molecule has 1 saturated carbocycles. The number of rotatable bonds is 7. The second-order valence-electron chi connectivity index (χ2n) is 7.98. The molecule has 2 aromatic heterocycles. The number of fused-ring (bicyclic) bond motifs is 1. The summed E-state index contributed by atoms with van der Waals surface area (Å²) in [5.74, 6) is 3.43. The third-order valence-electron chi connectivity index (χ3n) is 5.55. The van der Waals surface area contributed by atoms with Crippen molar-refractivity contribution in [1.82, 2.24) is 15.3 Å². The molecular weight excluding hydrogens is 477 g/mol. The molecule has 1 aromatic carbocycles. The maximum absolute atomic E-state index is 5.61. The summed E-state index contributed by atoms with van der Waals surface area (Å²) < 4.78 is 6.55. The van der Waals surface area contributed by atoms with E-state index in [2.05, 4.69) is 50.3 Å². The molecule has 0 amide bonds. The van der Waals surface area contributed by atoms with Gasteiger partial charge in [0, 0.05) is 25.5 Å². The van der Waals surface area contributed by atoms with Gasteiger partial charge in [-0.3, -0.25) is 0 Å². The number of hydrogen-bond donors (Lipinski definition) is 2. The number of nitrogens with one attached hydrogen (secondary N) is 2. The van der Waals surface area contributed by atoms with E-state index < -0.39 is 0 Å². The molecule has 4 rings (SSSR count). The van der Waals surface area contributed by atoms with E-state index in [1.165, 1.54) is 12.8 Å². The molecule has 0 atom stereocenters. The summed E-state index contributed by atoms with van der Waals surface area (Å²) in [4.78, 5) is 11.6. The molecule has 0 bridgehead atoms. The fourth-order valence-corrected chi connectivity index (χ4v) is 4.47. The summed E-state index contributed by atoms with van der Waals surface area (Å²) in [6.45, 7) is 1.85. The van der Waals surface area contributed by atoms with Gasteiger partial charge < -0.3 is 20.0 Å². The number of aromatic nitrogens is 2. The van der Waals surface area contributed by atoms with Crippen molar-refractivity contribution >= 4 is 45.3 Å². The molecule has 2 heterocycles. The molecule has 0 saturated heterocycles. The topological polar surface area (TPSA) is 66.2 Å². The van der Waals surface area contributed by atoms with E-state index >= 15 is 0 Å². The lowest BCUT2D eigenvalue weighted by Gasteiger charge is -2.29. The number of halogens is 1. The van der Waals surface area contributed by atoms with Gasteiger partial charge in [0.25, 0.3) is 0 Å². The van der Waals surface area contributed by atoms with Crippen molar-refractivity contribution in [1.29, 1.82) is 0 Å². The van der Waals surface area contributed by atoms with Crippen molar-refractivity contribution in [3.63, 3.8) is 0 Å². The molecule has 1 aliphatic rings. The van der Waals surface area contributed by atoms with Gasteiger partial charge in [0.15, 0.2) is 3.77 Å². The second kappa shape index (κ2) is 9.30. The summed E-state index contributed by atoms with van der Waals surface area (Å²) >= 11 is 2.20. The van der Waals surface area contributed by atoms with Crippen LogP contribution in [0.4, 0.5) is 11.8 Å². The standard InChI is InChI=1S/C22H28IN5O/c1-28(2)21-18-5-3-4-6-19(18)26-22(27-21)25-16-9-7-15(8-10-16)13-24-14-17-11-12-20(23)29-17/h3-6,11-12,15-16,24H,7-10,13-14H2,1-2H3,(H,25,26,27)/t15-,16+. The Morgan fingerprint density at radius 2 is 1.86 bits per heavy atom. The Kier molecular flexibility index (Phi) is 6.54. The zero-order chi connectivity index (χ0) is 20.2. The highest BCUT2D eigenvalue weighted by Crippen LogP contribution is 2.28. The average Bonchev–Trinajstić information content (AvgIpc) is 3.13. The minimum absolute atomic E-state index is 0.439. The van der Waals surface area contributed by atoms with Crippen LogP contribution in [0.15, 0.2) is 40.8 Å². The Balaban J connectivity index is 1.30. The average molecular weight is 505 g/mol. The summed E-state index contributed by atoms with van der Waals surface area (Å²) in [6, 6.07) is 12.7. The minimum atomic E-state index is 0.439. The van der Waals surface area contributed by atoms with Crippen LogP contribution in [0.2, 0.25) is 0 Å². The Morgan fingerprint density at radius 3 is 2.59 bits per heavy atom. The van der Waals surface area contributed by atoms with Gasteiger partial charge in [0.05, 0.1) is 12.1 Å². The van der Waals surface area contributed by atoms with Crippen LogP contribution in [-0.4, -0.2) is 36.6 Å². The molecule has 0 aliphatic heterocycles. The van der Waals surface area contributed by atoms with Crippen LogP contribution >= 0.6 is 22.6 Å². The predicted octanol–water partition coefficient (Wildman–Crippen LogP) is 4.65. The van der Waals surface area contributed by atoms with E-state index in [1.54, 1.807) is 0 Å². The van der Waals surface area contributed by atoms with Crippen molar-refractivity contribution in [2.24, 2.45) is 5.92 Å². The smallest absolute Gasteiger partial charge is 0.225 e. The predicted molar refractivity (Wildman–Crippen MR) is 126 cm³/mol. The van der Waals surface area contributed by atoms with E-state index in [9.17, 15) is 0 Å². The van der Waals surface area contributed by atoms with Gasteiger partial charge in [0.2, 0.25) is 5.95 Å². The summed E-state index contributed by atoms with van der Waals surface area (Å²) in [6.07, 6.45) is 4.74.